The van der Waals surface area contributed by atoms with E-state index in [-0.39, 0.29) is 18.2 Å². The third-order valence-electron chi connectivity index (χ3n) is 4.11. The van der Waals surface area contributed by atoms with Crippen LogP contribution in [-0.2, 0) is 11.2 Å². The first kappa shape index (κ1) is 15.2. The van der Waals surface area contributed by atoms with E-state index in [1.807, 2.05) is 31.4 Å². The Morgan fingerprint density at radius 3 is 3.05 bits per heavy atom. The number of nitrogens with zero attached hydrogens (tertiary/aromatic N) is 2. The zero-order valence-electron chi connectivity index (χ0n) is 12.8. The number of aliphatic hydroxyl groups excluding tert-OH is 1. The lowest BCUT2D eigenvalue weighted by atomic mass is 9.96. The molecule has 5 nitrogen and oxygen atoms in total. The lowest BCUT2D eigenvalue weighted by Gasteiger charge is -2.34. The molecule has 2 atom stereocenters. The van der Waals surface area contributed by atoms with Crippen LogP contribution in [0.5, 0.6) is 0 Å². The van der Waals surface area contributed by atoms with Gasteiger partial charge in [0.2, 0.25) is 5.91 Å². The molecule has 3 heterocycles. The SMILES string of the molecule is Cc1ccc(-c2nc(CC(=O)N3CCC(C)C(O)C3)cs2)o1. The highest BCUT2D eigenvalue weighted by molar-refractivity contribution is 7.13. The second kappa shape index (κ2) is 6.22. The Kier molecular flexibility index (Phi) is 4.31. The number of furan rings is 1. The van der Waals surface area contributed by atoms with Gasteiger partial charge in [-0.05, 0) is 31.4 Å². The number of likely N-dealkylation sites (tertiary alicyclic amines) is 1. The van der Waals surface area contributed by atoms with Crippen LogP contribution in [0.15, 0.2) is 21.9 Å². The Morgan fingerprint density at radius 2 is 2.36 bits per heavy atom. The number of β-amino-alcohol motifs (C(OH)–C–C–N with tert-alkyl or cyclic N) is 1. The Balaban J connectivity index is 1.64. The number of amides is 1. The zero-order chi connectivity index (χ0) is 15.7. The van der Waals surface area contributed by atoms with Crippen LogP contribution >= 0.6 is 11.3 Å². The lowest BCUT2D eigenvalue weighted by molar-refractivity contribution is -0.134. The van der Waals surface area contributed by atoms with E-state index in [2.05, 4.69) is 4.98 Å². The molecule has 2 unspecified atom stereocenters. The molecule has 1 N–H and O–H groups in total. The molecular weight excluding hydrogens is 300 g/mol. The normalized spacial score (nSPS) is 22.0. The third kappa shape index (κ3) is 3.23. The number of aliphatic hydroxyl groups is 1. The highest BCUT2D eigenvalue weighted by atomic mass is 32.1. The Labute approximate surface area is 133 Å². The van der Waals surface area contributed by atoms with Gasteiger partial charge < -0.3 is 14.4 Å². The highest BCUT2D eigenvalue weighted by Gasteiger charge is 2.27. The second-order valence-electron chi connectivity index (χ2n) is 5.90. The minimum atomic E-state index is -0.421. The fourth-order valence-electron chi connectivity index (χ4n) is 2.59. The number of piperidine rings is 1. The summed E-state index contributed by atoms with van der Waals surface area (Å²) in [4.78, 5) is 18.5. The first-order valence-corrected chi connectivity index (χ1v) is 8.38. The van der Waals surface area contributed by atoms with Crippen LogP contribution in [0.3, 0.4) is 0 Å². The van der Waals surface area contributed by atoms with Gasteiger partial charge in [-0.1, -0.05) is 6.92 Å². The van der Waals surface area contributed by atoms with Crippen LogP contribution in [0.1, 0.15) is 24.8 Å². The van der Waals surface area contributed by atoms with E-state index in [1.165, 1.54) is 11.3 Å². The number of thiazole rings is 1. The Hall–Kier alpha value is -1.66. The average molecular weight is 320 g/mol. The molecule has 2 aromatic rings. The van der Waals surface area contributed by atoms with Gasteiger partial charge in [0.15, 0.2) is 10.8 Å². The summed E-state index contributed by atoms with van der Waals surface area (Å²) >= 11 is 1.48. The first-order chi connectivity index (χ1) is 10.5. The summed E-state index contributed by atoms with van der Waals surface area (Å²) in [6, 6.07) is 3.79. The molecule has 1 aliphatic rings. The Morgan fingerprint density at radius 1 is 1.55 bits per heavy atom. The van der Waals surface area contributed by atoms with Crippen LogP contribution in [0.25, 0.3) is 10.8 Å². The smallest absolute Gasteiger partial charge is 0.228 e. The van der Waals surface area contributed by atoms with E-state index < -0.39 is 6.10 Å². The van der Waals surface area contributed by atoms with Gasteiger partial charge in [0.25, 0.3) is 0 Å². The minimum Gasteiger partial charge on any atom is -0.459 e. The summed E-state index contributed by atoms with van der Waals surface area (Å²) in [7, 11) is 0. The fraction of sp³-hybridized carbons (Fsp3) is 0.500. The maximum atomic E-state index is 12.3. The van der Waals surface area contributed by atoms with Crippen molar-refractivity contribution >= 4 is 17.2 Å². The van der Waals surface area contributed by atoms with Gasteiger partial charge in [-0.3, -0.25) is 4.79 Å². The largest absolute Gasteiger partial charge is 0.459 e. The summed E-state index contributed by atoms with van der Waals surface area (Å²) in [5.74, 6) is 1.87. The molecule has 0 saturated carbocycles. The van der Waals surface area contributed by atoms with Crippen molar-refractivity contribution in [1.82, 2.24) is 9.88 Å². The Bertz CT molecular complexity index is 664. The van der Waals surface area contributed by atoms with Gasteiger partial charge in [0.05, 0.1) is 18.2 Å². The van der Waals surface area contributed by atoms with E-state index in [0.29, 0.717) is 13.1 Å². The van der Waals surface area contributed by atoms with Crippen molar-refractivity contribution in [3.8, 4) is 10.8 Å². The molecule has 0 aliphatic carbocycles. The molecule has 0 spiro atoms. The summed E-state index contributed by atoms with van der Waals surface area (Å²) in [6.45, 7) is 5.05. The molecule has 22 heavy (non-hydrogen) atoms. The van der Waals surface area contributed by atoms with E-state index in [1.54, 1.807) is 4.90 Å². The standard InChI is InChI=1S/C16H20N2O3S/c1-10-5-6-18(8-13(10)19)15(20)7-12-9-22-16(17-12)14-4-3-11(2)21-14/h3-4,9-10,13,19H,5-8H2,1-2H3. The molecule has 118 valence electrons. The van der Waals surface area contributed by atoms with Crippen molar-refractivity contribution in [3.63, 3.8) is 0 Å². The molecule has 6 heteroatoms. The topological polar surface area (TPSA) is 66.6 Å². The number of aromatic nitrogens is 1. The number of carbonyl (C=O) groups is 1. The predicted octanol–water partition coefficient (Wildman–Crippen LogP) is 2.48. The van der Waals surface area contributed by atoms with Crippen molar-refractivity contribution in [2.45, 2.75) is 32.8 Å². The highest BCUT2D eigenvalue weighted by Crippen LogP contribution is 2.26. The van der Waals surface area contributed by atoms with Crippen LogP contribution in [0, 0.1) is 12.8 Å². The predicted molar refractivity (Wildman–Crippen MR) is 84.6 cm³/mol. The summed E-state index contributed by atoms with van der Waals surface area (Å²) in [5, 5.41) is 12.6. The molecule has 0 radical (unpaired) electrons. The third-order valence-corrected chi connectivity index (χ3v) is 5.01. The van der Waals surface area contributed by atoms with E-state index in [9.17, 15) is 9.90 Å². The maximum Gasteiger partial charge on any atom is 0.228 e. The van der Waals surface area contributed by atoms with Crippen molar-refractivity contribution in [3.05, 3.63) is 29.0 Å². The maximum absolute atomic E-state index is 12.3. The first-order valence-electron chi connectivity index (χ1n) is 7.50. The van der Waals surface area contributed by atoms with Crippen LogP contribution in [0.4, 0.5) is 0 Å². The average Bonchev–Trinajstić information content (AvgIpc) is 3.10. The summed E-state index contributed by atoms with van der Waals surface area (Å²) in [6.07, 6.45) is 0.702. The van der Waals surface area contributed by atoms with Crippen molar-refractivity contribution in [1.29, 1.82) is 0 Å². The molecule has 2 aromatic heterocycles. The van der Waals surface area contributed by atoms with E-state index in [4.69, 9.17) is 4.42 Å². The van der Waals surface area contributed by atoms with Crippen molar-refractivity contribution in [2.75, 3.05) is 13.1 Å². The quantitative estimate of drug-likeness (QED) is 0.943. The monoisotopic (exact) mass is 320 g/mol. The number of hydrogen-bond acceptors (Lipinski definition) is 5. The van der Waals surface area contributed by atoms with Gasteiger partial charge in [0, 0.05) is 18.5 Å². The van der Waals surface area contributed by atoms with Gasteiger partial charge in [0.1, 0.15) is 5.76 Å². The fourth-order valence-corrected chi connectivity index (χ4v) is 3.37. The molecule has 0 aromatic carbocycles. The van der Waals surface area contributed by atoms with Gasteiger partial charge in [-0.2, -0.15) is 0 Å². The zero-order valence-corrected chi connectivity index (χ0v) is 13.6. The second-order valence-corrected chi connectivity index (χ2v) is 6.76. The van der Waals surface area contributed by atoms with Gasteiger partial charge in [-0.25, -0.2) is 4.98 Å². The number of carbonyl (C=O) groups excluding carboxylic acids is 1. The minimum absolute atomic E-state index is 0.0263. The molecule has 0 bridgehead atoms. The molecule has 1 saturated heterocycles. The van der Waals surface area contributed by atoms with Crippen LogP contribution in [-0.4, -0.2) is 40.1 Å². The summed E-state index contributed by atoms with van der Waals surface area (Å²) in [5.41, 5.74) is 0.757. The van der Waals surface area contributed by atoms with Crippen molar-refractivity contribution in [2.24, 2.45) is 5.92 Å². The van der Waals surface area contributed by atoms with E-state index >= 15 is 0 Å². The summed E-state index contributed by atoms with van der Waals surface area (Å²) < 4.78 is 5.55. The van der Waals surface area contributed by atoms with Gasteiger partial charge in [-0.15, -0.1) is 11.3 Å². The van der Waals surface area contributed by atoms with Crippen molar-refractivity contribution < 1.29 is 14.3 Å². The molecule has 1 amide bonds. The van der Waals surface area contributed by atoms with Gasteiger partial charge >= 0.3 is 0 Å². The van der Waals surface area contributed by atoms with Crippen LogP contribution in [0.2, 0.25) is 0 Å². The molecular formula is C16H20N2O3S. The molecule has 1 aliphatic heterocycles. The lowest BCUT2D eigenvalue weighted by Crippen LogP contribution is -2.46. The molecule has 3 rings (SSSR count). The number of hydrogen-bond donors (Lipinski definition) is 1. The number of rotatable bonds is 3. The molecule has 1 fully saturated rings. The van der Waals surface area contributed by atoms with E-state index in [0.717, 1.165) is 28.6 Å². The van der Waals surface area contributed by atoms with Crippen LogP contribution < -0.4 is 0 Å². The number of aryl methyl sites for hydroxylation is 1.